The molecule has 5 heteroatoms. The lowest BCUT2D eigenvalue weighted by Gasteiger charge is -2.32. The maximum Gasteiger partial charge on any atom is 0.220 e. The van der Waals surface area contributed by atoms with Crippen LogP contribution in [-0.2, 0) is 4.79 Å². The molecule has 0 unspecified atom stereocenters. The van der Waals surface area contributed by atoms with Crippen molar-refractivity contribution in [1.29, 1.82) is 0 Å². The van der Waals surface area contributed by atoms with E-state index in [1.54, 1.807) is 0 Å². The molecule has 5 nitrogen and oxygen atoms in total. The molecule has 36 heavy (non-hydrogen) atoms. The molecule has 1 aromatic carbocycles. The van der Waals surface area contributed by atoms with Crippen molar-refractivity contribution in [3.05, 3.63) is 77.6 Å². The van der Waals surface area contributed by atoms with Crippen LogP contribution < -0.4 is 10.2 Å². The first-order chi connectivity index (χ1) is 17.4. The molecule has 0 spiro atoms. The van der Waals surface area contributed by atoms with E-state index in [-0.39, 0.29) is 12.0 Å². The molecule has 0 bridgehead atoms. The Labute approximate surface area is 217 Å². The molecule has 1 aromatic heterocycles. The summed E-state index contributed by atoms with van der Waals surface area (Å²) in [7, 11) is 0. The third-order valence-electron chi connectivity index (χ3n) is 6.11. The molecule has 3 rings (SSSR count). The Morgan fingerprint density at radius 3 is 2.58 bits per heavy atom. The summed E-state index contributed by atoms with van der Waals surface area (Å²) in [5, 5.41) is 12.8. The van der Waals surface area contributed by atoms with Crippen LogP contribution in [0, 0.1) is 0 Å². The van der Waals surface area contributed by atoms with Crippen molar-refractivity contribution in [2.24, 2.45) is 0 Å². The third kappa shape index (κ3) is 9.82. The maximum absolute atomic E-state index is 12.0. The van der Waals surface area contributed by atoms with Gasteiger partial charge in [0.1, 0.15) is 0 Å². The Hall–Kier alpha value is -3.18. The number of amides is 1. The normalized spacial score (nSPS) is 14.4. The number of anilines is 1. The fourth-order valence-electron chi connectivity index (χ4n) is 4.02. The number of allylic oxidation sites excluding steroid dienone is 2. The Balaban J connectivity index is 0.00000222. The highest BCUT2D eigenvalue weighted by molar-refractivity contribution is 5.78. The summed E-state index contributed by atoms with van der Waals surface area (Å²) < 4.78 is 0. The molecule has 1 saturated heterocycles. The third-order valence-corrected chi connectivity index (χ3v) is 6.11. The predicted molar refractivity (Wildman–Crippen MR) is 154 cm³/mol. The highest BCUT2D eigenvalue weighted by atomic mass is 16.3. The van der Waals surface area contributed by atoms with Crippen molar-refractivity contribution >= 4 is 29.3 Å². The number of aromatic nitrogens is 1. The van der Waals surface area contributed by atoms with Crippen molar-refractivity contribution < 1.29 is 9.90 Å². The quantitative estimate of drug-likeness (QED) is 0.374. The number of hydrogen-bond donors (Lipinski definition) is 2. The van der Waals surface area contributed by atoms with Gasteiger partial charge in [0.15, 0.2) is 0 Å². The fourth-order valence-corrected chi connectivity index (χ4v) is 4.02. The van der Waals surface area contributed by atoms with Crippen molar-refractivity contribution in [2.75, 3.05) is 24.5 Å². The van der Waals surface area contributed by atoms with Crippen LogP contribution in [0.2, 0.25) is 0 Å². The lowest BCUT2D eigenvalue weighted by molar-refractivity contribution is -0.120. The van der Waals surface area contributed by atoms with E-state index in [1.165, 1.54) is 5.69 Å². The van der Waals surface area contributed by atoms with Gasteiger partial charge in [0, 0.05) is 37.9 Å². The number of aliphatic hydroxyl groups is 1. The molecule has 1 aliphatic rings. The molecule has 0 aliphatic carbocycles. The molecule has 1 aliphatic heterocycles. The van der Waals surface area contributed by atoms with Gasteiger partial charge in [-0.15, -0.1) is 6.58 Å². The van der Waals surface area contributed by atoms with E-state index in [0.717, 1.165) is 60.3 Å². The van der Waals surface area contributed by atoms with Crippen LogP contribution in [0.15, 0.2) is 60.8 Å². The van der Waals surface area contributed by atoms with Crippen LogP contribution in [0.1, 0.15) is 76.6 Å². The summed E-state index contributed by atoms with van der Waals surface area (Å²) in [6.07, 6.45) is 11.5. The van der Waals surface area contributed by atoms with E-state index in [0.29, 0.717) is 19.4 Å². The van der Waals surface area contributed by atoms with Gasteiger partial charge in [0.05, 0.1) is 11.8 Å². The molecule has 0 saturated carbocycles. The van der Waals surface area contributed by atoms with Gasteiger partial charge in [-0.1, -0.05) is 49.8 Å². The molecule has 0 radical (unpaired) electrons. The van der Waals surface area contributed by atoms with Crippen molar-refractivity contribution in [3.63, 3.8) is 0 Å². The Kier molecular flexibility index (Phi) is 12.7. The fraction of sp³-hybridized carbons (Fsp3) is 0.419. The zero-order chi connectivity index (χ0) is 26.3. The summed E-state index contributed by atoms with van der Waals surface area (Å²) >= 11 is 0. The SMILES string of the molecule is C=C(C)CCNC(=O)CC/C=C(\C)c1ccnc(/C=C/c2ccccc2N2CCC(O)CC2)c1.CC. The number of nitrogens with zero attached hydrogens (tertiary/aromatic N) is 2. The van der Waals surface area contributed by atoms with E-state index in [2.05, 4.69) is 65.1 Å². The average Bonchev–Trinajstić information content (AvgIpc) is 2.89. The topological polar surface area (TPSA) is 65.5 Å². The number of aliphatic hydroxyl groups excluding tert-OH is 1. The Morgan fingerprint density at radius 2 is 1.86 bits per heavy atom. The van der Waals surface area contributed by atoms with Crippen molar-refractivity contribution in [2.45, 2.75) is 65.9 Å². The number of carbonyl (C=O) groups is 1. The van der Waals surface area contributed by atoms with Gasteiger partial charge in [-0.3, -0.25) is 9.78 Å². The molecule has 2 heterocycles. The number of piperidine rings is 1. The van der Waals surface area contributed by atoms with Gasteiger partial charge in [0.25, 0.3) is 0 Å². The van der Waals surface area contributed by atoms with E-state index in [4.69, 9.17) is 0 Å². The molecule has 1 amide bonds. The number of para-hydroxylation sites is 1. The summed E-state index contributed by atoms with van der Waals surface area (Å²) in [6, 6.07) is 12.5. The predicted octanol–water partition coefficient (Wildman–Crippen LogP) is 6.51. The van der Waals surface area contributed by atoms with Crippen molar-refractivity contribution in [1.82, 2.24) is 10.3 Å². The standard InChI is InChI=1S/C29H37N3O2.C2H6/c1-22(2)13-17-31-29(34)10-6-7-23(3)25-14-18-30-26(21-25)12-11-24-8-4-5-9-28(24)32-19-15-27(33)16-20-32;1-2/h4-5,7-9,11-12,14,18,21,27,33H,1,6,10,13,15-17,19-20H2,2-3H3,(H,31,34);1-2H3/b12-11+,23-7+;. The lowest BCUT2D eigenvalue weighted by atomic mass is 10.0. The minimum atomic E-state index is -0.182. The molecule has 2 N–H and O–H groups in total. The number of benzene rings is 1. The Bertz CT molecular complexity index is 1030. The van der Waals surface area contributed by atoms with Crippen LogP contribution in [0.5, 0.6) is 0 Å². The molecule has 2 aromatic rings. The highest BCUT2D eigenvalue weighted by Gasteiger charge is 2.18. The van der Waals surface area contributed by atoms with Gasteiger partial charge in [-0.2, -0.15) is 0 Å². The van der Waals surface area contributed by atoms with Crippen molar-refractivity contribution in [3.8, 4) is 0 Å². The van der Waals surface area contributed by atoms with Gasteiger partial charge in [-0.05, 0) is 80.5 Å². The number of rotatable bonds is 10. The minimum Gasteiger partial charge on any atom is -0.393 e. The smallest absolute Gasteiger partial charge is 0.220 e. The number of carbonyl (C=O) groups excluding carboxylic acids is 1. The van der Waals surface area contributed by atoms with E-state index < -0.39 is 0 Å². The summed E-state index contributed by atoms with van der Waals surface area (Å²) in [5.74, 6) is 0.0746. The molecular formula is C31H43N3O2. The van der Waals surface area contributed by atoms with E-state index >= 15 is 0 Å². The van der Waals surface area contributed by atoms with Gasteiger partial charge >= 0.3 is 0 Å². The summed E-state index contributed by atoms with van der Waals surface area (Å²) in [4.78, 5) is 18.8. The second-order valence-electron chi connectivity index (χ2n) is 9.06. The van der Waals surface area contributed by atoms with Gasteiger partial charge in [0.2, 0.25) is 5.91 Å². The summed E-state index contributed by atoms with van der Waals surface area (Å²) in [5.41, 5.74) is 6.56. The minimum absolute atomic E-state index is 0.0746. The largest absolute Gasteiger partial charge is 0.393 e. The lowest BCUT2D eigenvalue weighted by Crippen LogP contribution is -2.36. The molecule has 0 atom stereocenters. The number of nitrogens with one attached hydrogen (secondary N) is 1. The van der Waals surface area contributed by atoms with E-state index in [9.17, 15) is 9.90 Å². The first-order valence-corrected chi connectivity index (χ1v) is 13.2. The van der Waals surface area contributed by atoms with Crippen LogP contribution >= 0.6 is 0 Å². The average molecular weight is 490 g/mol. The first-order valence-electron chi connectivity index (χ1n) is 13.2. The monoisotopic (exact) mass is 489 g/mol. The second kappa shape index (κ2) is 15.7. The Morgan fingerprint density at radius 1 is 1.14 bits per heavy atom. The van der Waals surface area contributed by atoms with E-state index in [1.807, 2.05) is 45.2 Å². The van der Waals surface area contributed by atoms with Crippen LogP contribution in [0.4, 0.5) is 5.69 Å². The van der Waals surface area contributed by atoms with Crippen LogP contribution in [0.25, 0.3) is 17.7 Å². The zero-order valence-corrected chi connectivity index (χ0v) is 22.5. The molecule has 194 valence electrons. The first kappa shape index (κ1) is 29.1. The second-order valence-corrected chi connectivity index (χ2v) is 9.06. The molecule has 1 fully saturated rings. The van der Waals surface area contributed by atoms with Gasteiger partial charge in [-0.25, -0.2) is 0 Å². The van der Waals surface area contributed by atoms with Gasteiger partial charge < -0.3 is 15.3 Å². The molecular weight excluding hydrogens is 446 g/mol. The summed E-state index contributed by atoms with van der Waals surface area (Å²) in [6.45, 7) is 14.3. The van der Waals surface area contributed by atoms with Crippen LogP contribution in [0.3, 0.4) is 0 Å². The zero-order valence-electron chi connectivity index (χ0n) is 22.5. The maximum atomic E-state index is 12.0. The number of pyridine rings is 1. The highest BCUT2D eigenvalue weighted by Crippen LogP contribution is 2.26. The van der Waals surface area contributed by atoms with Crippen LogP contribution in [-0.4, -0.2) is 41.7 Å². The number of hydrogen-bond acceptors (Lipinski definition) is 4.